The van der Waals surface area contributed by atoms with Crippen LogP contribution in [0.5, 0.6) is 0 Å². The number of rotatable bonds is 3. The summed E-state index contributed by atoms with van der Waals surface area (Å²) in [4.78, 5) is 0. The van der Waals surface area contributed by atoms with Gasteiger partial charge in [-0.05, 0) is 17.1 Å². The van der Waals surface area contributed by atoms with E-state index in [1.54, 1.807) is 0 Å². The van der Waals surface area contributed by atoms with Gasteiger partial charge < -0.3 is 10.2 Å². The molecule has 122 valence electrons. The number of hydrogen-bond acceptors (Lipinski definition) is 2. The Bertz CT molecular complexity index is 498. The molecule has 0 fully saturated rings. The standard InChI is InChI=1S/C20H30O2/c1-13(2)16(14-9-7-11-19(3,4)17(14)21)15-10-8-12-20(5,6)18(15)22/h7-13,16-18,21-22H,1-6H3. The highest BCUT2D eigenvalue weighted by Crippen LogP contribution is 2.44. The molecule has 0 radical (unpaired) electrons. The molecule has 2 rings (SSSR count). The van der Waals surface area contributed by atoms with Crippen LogP contribution in [0.2, 0.25) is 0 Å². The Morgan fingerprint density at radius 2 is 1.18 bits per heavy atom. The molecule has 2 nitrogen and oxygen atoms in total. The number of allylic oxidation sites excluding steroid dienone is 4. The normalized spacial score (nSPS) is 31.0. The van der Waals surface area contributed by atoms with Crippen molar-refractivity contribution >= 4 is 0 Å². The van der Waals surface area contributed by atoms with Gasteiger partial charge in [-0.1, -0.05) is 78.0 Å². The SMILES string of the molecule is CC(C)C(C1=CC=CC(C)(C)C1O)C1=CC=CC(C)(C)C1O. The first kappa shape index (κ1) is 17.2. The molecule has 0 aromatic rings. The molecule has 0 saturated carbocycles. The van der Waals surface area contributed by atoms with Gasteiger partial charge >= 0.3 is 0 Å². The van der Waals surface area contributed by atoms with Gasteiger partial charge in [0.2, 0.25) is 0 Å². The summed E-state index contributed by atoms with van der Waals surface area (Å²) in [5.41, 5.74) is 1.48. The zero-order valence-corrected chi connectivity index (χ0v) is 14.7. The number of aliphatic hydroxyl groups excluding tert-OH is 2. The molecule has 2 atom stereocenters. The van der Waals surface area contributed by atoms with Crippen molar-refractivity contribution in [1.29, 1.82) is 0 Å². The lowest BCUT2D eigenvalue weighted by Gasteiger charge is -2.42. The Labute approximate surface area is 134 Å². The highest BCUT2D eigenvalue weighted by Gasteiger charge is 2.40. The molecule has 2 aliphatic rings. The average Bonchev–Trinajstić information content (AvgIpc) is 2.39. The zero-order valence-electron chi connectivity index (χ0n) is 14.7. The molecule has 0 aromatic heterocycles. The molecule has 0 amide bonds. The minimum atomic E-state index is -0.521. The molecule has 2 aliphatic carbocycles. The van der Waals surface area contributed by atoms with E-state index in [1.807, 2.05) is 64.2 Å². The third-order valence-electron chi connectivity index (χ3n) is 5.05. The van der Waals surface area contributed by atoms with E-state index in [0.717, 1.165) is 11.1 Å². The summed E-state index contributed by atoms with van der Waals surface area (Å²) in [6, 6.07) is 0. The fraction of sp³-hybridized carbons (Fsp3) is 0.600. The van der Waals surface area contributed by atoms with E-state index in [1.165, 1.54) is 0 Å². The van der Waals surface area contributed by atoms with Crippen molar-refractivity contribution in [2.75, 3.05) is 0 Å². The lowest BCUT2D eigenvalue weighted by Crippen LogP contribution is -2.40. The maximum atomic E-state index is 10.8. The van der Waals surface area contributed by atoms with E-state index in [-0.39, 0.29) is 16.7 Å². The van der Waals surface area contributed by atoms with Crippen molar-refractivity contribution < 1.29 is 10.2 Å². The van der Waals surface area contributed by atoms with Crippen LogP contribution in [0.25, 0.3) is 0 Å². The Hall–Kier alpha value is -1.12. The van der Waals surface area contributed by atoms with Gasteiger partial charge in [0.25, 0.3) is 0 Å². The van der Waals surface area contributed by atoms with Gasteiger partial charge in [-0.25, -0.2) is 0 Å². The molecule has 0 heterocycles. The van der Waals surface area contributed by atoms with Crippen molar-refractivity contribution in [3.05, 3.63) is 47.6 Å². The molecule has 22 heavy (non-hydrogen) atoms. The Morgan fingerprint density at radius 3 is 1.50 bits per heavy atom. The van der Waals surface area contributed by atoms with Crippen LogP contribution in [-0.2, 0) is 0 Å². The first-order valence-corrected chi connectivity index (χ1v) is 8.22. The Kier molecular flexibility index (Phi) is 4.56. The van der Waals surface area contributed by atoms with Gasteiger partial charge in [0.1, 0.15) is 0 Å². The summed E-state index contributed by atoms with van der Waals surface area (Å²) in [6.45, 7) is 12.5. The smallest absolute Gasteiger partial charge is 0.0844 e. The van der Waals surface area contributed by atoms with Crippen molar-refractivity contribution in [2.24, 2.45) is 22.7 Å². The maximum Gasteiger partial charge on any atom is 0.0844 e. The van der Waals surface area contributed by atoms with E-state index in [4.69, 9.17) is 0 Å². The van der Waals surface area contributed by atoms with Gasteiger partial charge in [0.05, 0.1) is 12.2 Å². The van der Waals surface area contributed by atoms with Crippen molar-refractivity contribution in [1.82, 2.24) is 0 Å². The molecular weight excluding hydrogens is 272 g/mol. The van der Waals surface area contributed by atoms with Crippen molar-refractivity contribution in [3.63, 3.8) is 0 Å². The van der Waals surface area contributed by atoms with Crippen LogP contribution in [0, 0.1) is 22.7 Å². The molecule has 2 heteroatoms. The summed E-state index contributed by atoms with van der Waals surface area (Å²) in [5, 5.41) is 21.6. The van der Waals surface area contributed by atoms with E-state index in [0.29, 0.717) is 5.92 Å². The van der Waals surface area contributed by atoms with E-state index < -0.39 is 12.2 Å². The van der Waals surface area contributed by atoms with Crippen LogP contribution < -0.4 is 0 Å². The summed E-state index contributed by atoms with van der Waals surface area (Å²) in [5.74, 6) is 0.366. The van der Waals surface area contributed by atoms with Crippen molar-refractivity contribution in [3.8, 4) is 0 Å². The van der Waals surface area contributed by atoms with Crippen LogP contribution in [0.3, 0.4) is 0 Å². The Balaban J connectivity index is 2.45. The first-order chi connectivity index (χ1) is 10.1. The Morgan fingerprint density at radius 1 is 0.818 bits per heavy atom. The van der Waals surface area contributed by atoms with E-state index in [2.05, 4.69) is 13.8 Å². The predicted octanol–water partition coefficient (Wildman–Crippen LogP) is 4.03. The molecule has 0 aliphatic heterocycles. The number of hydrogen-bond donors (Lipinski definition) is 2. The van der Waals surface area contributed by atoms with Crippen LogP contribution in [-0.4, -0.2) is 22.4 Å². The van der Waals surface area contributed by atoms with Gasteiger partial charge in [0.15, 0.2) is 0 Å². The summed E-state index contributed by atoms with van der Waals surface area (Å²) >= 11 is 0. The lowest BCUT2D eigenvalue weighted by atomic mass is 9.66. The van der Waals surface area contributed by atoms with Crippen LogP contribution >= 0.6 is 0 Å². The first-order valence-electron chi connectivity index (χ1n) is 8.22. The minimum Gasteiger partial charge on any atom is -0.388 e. The van der Waals surface area contributed by atoms with Crippen LogP contribution in [0.15, 0.2) is 47.6 Å². The van der Waals surface area contributed by atoms with Crippen LogP contribution in [0.4, 0.5) is 0 Å². The maximum absolute atomic E-state index is 10.8. The van der Waals surface area contributed by atoms with Gasteiger partial charge in [-0.2, -0.15) is 0 Å². The highest BCUT2D eigenvalue weighted by molar-refractivity contribution is 5.39. The van der Waals surface area contributed by atoms with Gasteiger partial charge in [0, 0.05) is 16.7 Å². The van der Waals surface area contributed by atoms with Crippen LogP contribution in [0.1, 0.15) is 41.5 Å². The fourth-order valence-corrected chi connectivity index (χ4v) is 3.55. The fourth-order valence-electron chi connectivity index (χ4n) is 3.55. The summed E-state index contributed by atoms with van der Waals surface area (Å²) < 4.78 is 0. The molecule has 0 saturated heterocycles. The minimum absolute atomic E-state index is 0.0541. The highest BCUT2D eigenvalue weighted by atomic mass is 16.3. The quantitative estimate of drug-likeness (QED) is 0.826. The average molecular weight is 302 g/mol. The second-order valence-electron chi connectivity index (χ2n) is 8.22. The second-order valence-corrected chi connectivity index (χ2v) is 8.22. The molecular formula is C20H30O2. The molecule has 0 spiro atoms. The topological polar surface area (TPSA) is 40.5 Å². The third kappa shape index (κ3) is 3.00. The zero-order chi connectivity index (χ0) is 16.7. The molecule has 2 N–H and O–H groups in total. The van der Waals surface area contributed by atoms with E-state index in [9.17, 15) is 10.2 Å². The predicted molar refractivity (Wildman–Crippen MR) is 92.3 cm³/mol. The third-order valence-corrected chi connectivity index (χ3v) is 5.05. The second kappa shape index (κ2) is 5.82. The largest absolute Gasteiger partial charge is 0.388 e. The molecule has 2 unspecified atom stereocenters. The summed E-state index contributed by atoms with van der Waals surface area (Å²) in [7, 11) is 0. The van der Waals surface area contributed by atoms with Gasteiger partial charge in [-0.15, -0.1) is 0 Å². The summed E-state index contributed by atoms with van der Waals surface area (Å²) in [6.07, 6.45) is 11.2. The number of aliphatic hydroxyl groups is 2. The van der Waals surface area contributed by atoms with E-state index >= 15 is 0 Å². The monoisotopic (exact) mass is 302 g/mol. The molecule has 0 bridgehead atoms. The van der Waals surface area contributed by atoms with Crippen molar-refractivity contribution in [2.45, 2.75) is 53.8 Å². The lowest BCUT2D eigenvalue weighted by molar-refractivity contribution is 0.0809. The molecule has 0 aromatic carbocycles. The van der Waals surface area contributed by atoms with Gasteiger partial charge in [-0.3, -0.25) is 0 Å².